The molecule has 0 N–H and O–H groups in total. The fraction of sp³-hybridized carbons (Fsp3) is 0. The third-order valence-electron chi connectivity index (χ3n) is 0.407. The first-order chi connectivity index (χ1) is 3.91. The second-order valence-electron chi connectivity index (χ2n) is 0.914. The molecule has 0 rings (SSSR count). The molecular formula is C8H4. The number of allylic oxidation sites excluding steroid dienone is 2. The summed E-state index contributed by atoms with van der Waals surface area (Å²) in [4.78, 5) is 0. The van der Waals surface area contributed by atoms with Gasteiger partial charge in [-0.2, -0.15) is 0 Å². The Hall–Kier alpha value is -1.58. The summed E-state index contributed by atoms with van der Waals surface area (Å²) in [7, 11) is 0. The monoisotopic (exact) mass is 100 g/mol. The minimum atomic E-state index is 1.49. The molecule has 8 heavy (non-hydrogen) atoms. The molecule has 0 saturated carbocycles. The van der Waals surface area contributed by atoms with Crippen molar-refractivity contribution in [3.8, 4) is 36.5 Å². The van der Waals surface area contributed by atoms with E-state index in [4.69, 9.17) is 12.8 Å². The van der Waals surface area contributed by atoms with Gasteiger partial charge in [0.1, 0.15) is 0 Å². The molecule has 0 aromatic rings. The Morgan fingerprint density at radius 1 is 1.12 bits per heavy atom. The third-order valence-corrected chi connectivity index (χ3v) is 0.407. The van der Waals surface area contributed by atoms with Gasteiger partial charge in [0.05, 0.1) is 0 Å². The molecule has 0 aliphatic heterocycles. The zero-order valence-corrected chi connectivity index (χ0v) is 4.31. The van der Waals surface area contributed by atoms with Crippen LogP contribution in [0.5, 0.6) is 0 Å². The zero-order valence-electron chi connectivity index (χ0n) is 4.31. The maximum atomic E-state index is 4.85. The van der Waals surface area contributed by atoms with E-state index in [1.807, 2.05) is 0 Å². The number of hydrogen-bond acceptors (Lipinski definition) is 0. The third kappa shape index (κ3) is 4.42. The fourth-order valence-electron chi connectivity index (χ4n) is 0.173. The van der Waals surface area contributed by atoms with Crippen molar-refractivity contribution >= 4 is 0 Å². The zero-order chi connectivity index (χ0) is 6.24. The molecule has 0 heteroatoms. The first-order valence-electron chi connectivity index (χ1n) is 1.99. The standard InChI is InChI=1S/C8H4/c1-3-5-7-8-6-4-2/h1-2,5,7H/b7-5+. The van der Waals surface area contributed by atoms with Crippen molar-refractivity contribution < 1.29 is 0 Å². The number of rotatable bonds is 0. The van der Waals surface area contributed by atoms with Crippen LogP contribution in [0.3, 0.4) is 0 Å². The molecule has 0 heterocycles. The van der Waals surface area contributed by atoms with Gasteiger partial charge in [-0.05, 0) is 24.0 Å². The van der Waals surface area contributed by atoms with Crippen molar-refractivity contribution in [1.82, 2.24) is 0 Å². The van der Waals surface area contributed by atoms with E-state index in [1.54, 1.807) is 0 Å². The molecular weight excluding hydrogens is 96.1 g/mol. The van der Waals surface area contributed by atoms with E-state index >= 15 is 0 Å². The van der Waals surface area contributed by atoms with Crippen LogP contribution < -0.4 is 0 Å². The summed E-state index contributed by atoms with van der Waals surface area (Å²) < 4.78 is 0. The van der Waals surface area contributed by atoms with Gasteiger partial charge in [-0.3, -0.25) is 0 Å². The summed E-state index contributed by atoms with van der Waals surface area (Å²) in [6.45, 7) is 0. The van der Waals surface area contributed by atoms with E-state index in [0.29, 0.717) is 0 Å². The molecule has 36 valence electrons. The lowest BCUT2D eigenvalue weighted by molar-refractivity contribution is 2.14. The Bertz CT molecular complexity index is 207. The predicted octanol–water partition coefficient (Wildman–Crippen LogP) is 0.812. The minimum absolute atomic E-state index is 1.49. The van der Waals surface area contributed by atoms with Crippen LogP contribution in [0, 0.1) is 36.5 Å². The SMILES string of the molecule is C#CC#C/C=C/C#C. The number of hydrogen-bond donors (Lipinski definition) is 0. The largest absolute Gasteiger partial charge is 0.115 e. The number of terminal acetylenes is 2. The summed E-state index contributed by atoms with van der Waals surface area (Å²) >= 11 is 0. The van der Waals surface area contributed by atoms with E-state index in [9.17, 15) is 0 Å². The summed E-state index contributed by atoms with van der Waals surface area (Å²) in [5, 5.41) is 0. The van der Waals surface area contributed by atoms with Gasteiger partial charge in [0.25, 0.3) is 0 Å². The average Bonchev–Trinajstić information content (AvgIpc) is 1.81. The summed E-state index contributed by atoms with van der Waals surface area (Å²) in [6, 6.07) is 0. The van der Waals surface area contributed by atoms with E-state index in [1.165, 1.54) is 12.2 Å². The predicted molar refractivity (Wildman–Crippen MR) is 34.6 cm³/mol. The fourth-order valence-corrected chi connectivity index (χ4v) is 0.173. The maximum absolute atomic E-state index is 4.85. The summed E-state index contributed by atoms with van der Waals surface area (Å²) in [5.74, 6) is 9.33. The van der Waals surface area contributed by atoms with E-state index in [2.05, 4.69) is 23.7 Å². The molecule has 0 saturated heterocycles. The normalized spacial score (nSPS) is 6.25. The van der Waals surface area contributed by atoms with Crippen molar-refractivity contribution in [3.05, 3.63) is 12.2 Å². The topological polar surface area (TPSA) is 0 Å². The van der Waals surface area contributed by atoms with Gasteiger partial charge in [0.15, 0.2) is 0 Å². The van der Waals surface area contributed by atoms with Gasteiger partial charge in [-0.1, -0.05) is 11.8 Å². The van der Waals surface area contributed by atoms with E-state index in [-0.39, 0.29) is 0 Å². The van der Waals surface area contributed by atoms with Crippen molar-refractivity contribution in [1.29, 1.82) is 0 Å². The Balaban J connectivity index is 3.67. The van der Waals surface area contributed by atoms with Gasteiger partial charge in [-0.15, -0.1) is 12.8 Å². The Morgan fingerprint density at radius 2 is 1.88 bits per heavy atom. The molecule has 0 atom stereocenters. The van der Waals surface area contributed by atoms with Crippen LogP contribution in [0.25, 0.3) is 0 Å². The second-order valence-corrected chi connectivity index (χ2v) is 0.914. The van der Waals surface area contributed by atoms with Crippen LogP contribution in [-0.2, 0) is 0 Å². The summed E-state index contributed by atoms with van der Waals surface area (Å²) in [6.07, 6.45) is 12.7. The molecule has 0 spiro atoms. The van der Waals surface area contributed by atoms with Crippen LogP contribution in [0.1, 0.15) is 0 Å². The molecule has 0 nitrogen and oxygen atoms in total. The van der Waals surface area contributed by atoms with Gasteiger partial charge in [0, 0.05) is 0 Å². The molecule has 0 unspecified atom stereocenters. The molecule has 0 radical (unpaired) electrons. The molecule has 0 aromatic carbocycles. The first kappa shape index (κ1) is 6.42. The highest BCUT2D eigenvalue weighted by Gasteiger charge is 1.51. The second kappa shape index (κ2) is 5.42. The molecule has 0 aliphatic carbocycles. The van der Waals surface area contributed by atoms with Crippen LogP contribution in [0.4, 0.5) is 0 Å². The average molecular weight is 100 g/mol. The van der Waals surface area contributed by atoms with Crippen molar-refractivity contribution in [2.75, 3.05) is 0 Å². The first-order valence-corrected chi connectivity index (χ1v) is 1.99. The van der Waals surface area contributed by atoms with Crippen LogP contribution in [0.15, 0.2) is 12.2 Å². The maximum Gasteiger partial charge on any atom is -0.00250 e. The molecule has 0 aromatic heterocycles. The van der Waals surface area contributed by atoms with E-state index < -0.39 is 0 Å². The Kier molecular flexibility index (Phi) is 4.35. The lowest BCUT2D eigenvalue weighted by atomic mass is 10.5. The minimum Gasteiger partial charge on any atom is -0.115 e. The molecule has 0 bridgehead atoms. The molecule has 0 fully saturated rings. The van der Waals surface area contributed by atoms with Gasteiger partial charge < -0.3 is 0 Å². The highest BCUT2D eigenvalue weighted by atomic mass is 13.6. The smallest absolute Gasteiger partial charge is 0.00250 e. The lowest BCUT2D eigenvalue weighted by Gasteiger charge is -1.57. The lowest BCUT2D eigenvalue weighted by Crippen LogP contribution is -1.47. The van der Waals surface area contributed by atoms with Crippen molar-refractivity contribution in [2.45, 2.75) is 0 Å². The van der Waals surface area contributed by atoms with Crippen LogP contribution in [0.2, 0.25) is 0 Å². The van der Waals surface area contributed by atoms with E-state index in [0.717, 1.165) is 0 Å². The Morgan fingerprint density at radius 3 is 2.38 bits per heavy atom. The van der Waals surface area contributed by atoms with Gasteiger partial charge in [-0.25, -0.2) is 0 Å². The van der Waals surface area contributed by atoms with Crippen molar-refractivity contribution in [2.24, 2.45) is 0 Å². The molecule has 0 aliphatic rings. The molecule has 0 amide bonds. The van der Waals surface area contributed by atoms with Gasteiger partial charge in [0.2, 0.25) is 0 Å². The summed E-state index contributed by atoms with van der Waals surface area (Å²) in [5.41, 5.74) is 0. The van der Waals surface area contributed by atoms with Crippen LogP contribution >= 0.6 is 0 Å². The quantitative estimate of drug-likeness (QED) is 0.395. The van der Waals surface area contributed by atoms with Gasteiger partial charge >= 0.3 is 0 Å². The highest BCUT2D eigenvalue weighted by Crippen LogP contribution is 1.62. The highest BCUT2D eigenvalue weighted by molar-refractivity contribution is 5.30. The Labute approximate surface area is 49.6 Å². The van der Waals surface area contributed by atoms with Crippen LogP contribution in [-0.4, -0.2) is 0 Å². The van der Waals surface area contributed by atoms with Crippen molar-refractivity contribution in [3.63, 3.8) is 0 Å².